The molecule has 98 valence electrons. The van der Waals surface area contributed by atoms with Crippen LogP contribution in [0.2, 0.25) is 0 Å². The molecule has 0 bridgehead atoms. The first-order valence-corrected chi connectivity index (χ1v) is 6.14. The van der Waals surface area contributed by atoms with Crippen molar-refractivity contribution in [2.45, 2.75) is 13.5 Å². The van der Waals surface area contributed by atoms with Gasteiger partial charge >= 0.3 is 0 Å². The second-order valence-corrected chi connectivity index (χ2v) is 4.71. The van der Waals surface area contributed by atoms with Crippen molar-refractivity contribution >= 4 is 17.2 Å². The highest BCUT2D eigenvalue weighted by Gasteiger charge is 2.07. The van der Waals surface area contributed by atoms with Gasteiger partial charge in [0.15, 0.2) is 0 Å². The molecule has 1 heterocycles. The Balaban J connectivity index is 2.42. The molecule has 1 aromatic heterocycles. The number of hydrogen-bond acceptors (Lipinski definition) is 2. The van der Waals surface area contributed by atoms with Gasteiger partial charge in [-0.1, -0.05) is 24.4 Å². The average molecular weight is 276 g/mol. The predicted octanol–water partition coefficient (Wildman–Crippen LogP) is 1.98. The van der Waals surface area contributed by atoms with Crippen molar-refractivity contribution in [3.63, 3.8) is 0 Å². The first-order chi connectivity index (χ1) is 8.99. The van der Waals surface area contributed by atoms with E-state index in [1.54, 1.807) is 22.8 Å². The molecule has 5 heteroatoms. The van der Waals surface area contributed by atoms with Crippen LogP contribution in [0.5, 0.6) is 0 Å². The Morgan fingerprint density at radius 1 is 1.37 bits per heavy atom. The third kappa shape index (κ3) is 2.88. The monoisotopic (exact) mass is 276 g/mol. The van der Waals surface area contributed by atoms with Crippen molar-refractivity contribution in [1.82, 2.24) is 4.57 Å². The van der Waals surface area contributed by atoms with E-state index in [-0.39, 0.29) is 16.1 Å². The zero-order chi connectivity index (χ0) is 14.0. The SMILES string of the molecule is Cc1cccc(=O)n1Cc1ccc(F)c(C(N)=S)c1. The summed E-state index contributed by atoms with van der Waals surface area (Å²) in [5, 5.41) is 0. The highest BCUT2D eigenvalue weighted by atomic mass is 32.1. The number of aromatic nitrogens is 1. The summed E-state index contributed by atoms with van der Waals surface area (Å²) in [7, 11) is 0. The van der Waals surface area contributed by atoms with E-state index >= 15 is 0 Å². The van der Waals surface area contributed by atoms with Gasteiger partial charge in [0.1, 0.15) is 10.8 Å². The van der Waals surface area contributed by atoms with E-state index in [0.717, 1.165) is 11.3 Å². The van der Waals surface area contributed by atoms with Crippen molar-refractivity contribution in [2.24, 2.45) is 5.73 Å². The third-order valence-electron chi connectivity index (χ3n) is 2.90. The summed E-state index contributed by atoms with van der Waals surface area (Å²) in [6.45, 7) is 2.21. The van der Waals surface area contributed by atoms with Gasteiger partial charge in [0.25, 0.3) is 5.56 Å². The summed E-state index contributed by atoms with van der Waals surface area (Å²) < 4.78 is 15.1. The van der Waals surface area contributed by atoms with Crippen LogP contribution >= 0.6 is 12.2 Å². The maximum absolute atomic E-state index is 13.5. The molecule has 0 aliphatic carbocycles. The molecule has 0 aliphatic rings. The first-order valence-electron chi connectivity index (χ1n) is 5.73. The van der Waals surface area contributed by atoms with Crippen LogP contribution in [0.4, 0.5) is 4.39 Å². The molecule has 19 heavy (non-hydrogen) atoms. The number of benzene rings is 1. The lowest BCUT2D eigenvalue weighted by Crippen LogP contribution is -2.22. The van der Waals surface area contributed by atoms with Gasteiger partial charge < -0.3 is 10.3 Å². The Morgan fingerprint density at radius 2 is 2.11 bits per heavy atom. The van der Waals surface area contributed by atoms with E-state index in [0.29, 0.717) is 6.54 Å². The molecule has 0 unspecified atom stereocenters. The number of nitrogens with zero attached hydrogens (tertiary/aromatic N) is 1. The lowest BCUT2D eigenvalue weighted by Gasteiger charge is -2.10. The Morgan fingerprint density at radius 3 is 2.74 bits per heavy atom. The average Bonchev–Trinajstić information content (AvgIpc) is 2.35. The van der Waals surface area contributed by atoms with Gasteiger partial charge in [-0.25, -0.2) is 4.39 Å². The zero-order valence-electron chi connectivity index (χ0n) is 10.4. The number of thiocarbonyl (C=S) groups is 1. The van der Waals surface area contributed by atoms with Crippen LogP contribution in [-0.2, 0) is 6.54 Å². The second-order valence-electron chi connectivity index (χ2n) is 4.27. The zero-order valence-corrected chi connectivity index (χ0v) is 11.2. The quantitative estimate of drug-likeness (QED) is 0.872. The van der Waals surface area contributed by atoms with Crippen molar-refractivity contribution in [2.75, 3.05) is 0 Å². The molecule has 2 aromatic rings. The molecular formula is C14H13FN2OS. The fourth-order valence-electron chi connectivity index (χ4n) is 1.87. The number of rotatable bonds is 3. The fraction of sp³-hybridized carbons (Fsp3) is 0.143. The van der Waals surface area contributed by atoms with Gasteiger partial charge in [0, 0.05) is 17.3 Å². The van der Waals surface area contributed by atoms with Crippen LogP contribution in [-0.4, -0.2) is 9.56 Å². The Labute approximate surface area is 115 Å². The van der Waals surface area contributed by atoms with Crippen LogP contribution in [0.3, 0.4) is 0 Å². The van der Waals surface area contributed by atoms with Crippen LogP contribution in [0.1, 0.15) is 16.8 Å². The maximum Gasteiger partial charge on any atom is 0.251 e. The maximum atomic E-state index is 13.5. The van der Waals surface area contributed by atoms with Gasteiger partial charge in [0.2, 0.25) is 0 Å². The van der Waals surface area contributed by atoms with Crippen LogP contribution in [0, 0.1) is 12.7 Å². The minimum absolute atomic E-state index is 0.0106. The minimum atomic E-state index is -0.451. The Bertz CT molecular complexity index is 694. The summed E-state index contributed by atoms with van der Waals surface area (Å²) in [5.74, 6) is -0.451. The third-order valence-corrected chi connectivity index (χ3v) is 3.12. The summed E-state index contributed by atoms with van der Waals surface area (Å²) in [5.41, 5.74) is 7.19. The highest BCUT2D eigenvalue weighted by Crippen LogP contribution is 2.12. The Kier molecular flexibility index (Phi) is 3.76. The summed E-state index contributed by atoms with van der Waals surface area (Å²) in [6.07, 6.45) is 0. The molecule has 0 saturated heterocycles. The summed E-state index contributed by atoms with van der Waals surface area (Å²) >= 11 is 4.79. The van der Waals surface area contributed by atoms with Crippen molar-refractivity contribution in [3.05, 3.63) is 69.4 Å². The van der Waals surface area contributed by atoms with Crippen LogP contribution in [0.15, 0.2) is 41.2 Å². The lowest BCUT2D eigenvalue weighted by atomic mass is 10.1. The van der Waals surface area contributed by atoms with Crippen LogP contribution < -0.4 is 11.3 Å². The smallest absolute Gasteiger partial charge is 0.251 e. The number of nitrogens with two attached hydrogens (primary N) is 1. The first kappa shape index (κ1) is 13.4. The van der Waals surface area contributed by atoms with Gasteiger partial charge in [0.05, 0.1) is 6.54 Å². The van der Waals surface area contributed by atoms with E-state index in [4.69, 9.17) is 18.0 Å². The summed E-state index contributed by atoms with van der Waals surface area (Å²) in [4.78, 5) is 11.8. The van der Waals surface area contributed by atoms with E-state index in [2.05, 4.69) is 0 Å². The molecule has 3 nitrogen and oxygen atoms in total. The molecule has 1 aromatic carbocycles. The number of pyridine rings is 1. The van der Waals surface area contributed by atoms with Crippen molar-refractivity contribution in [1.29, 1.82) is 0 Å². The normalized spacial score (nSPS) is 10.4. The molecule has 2 N–H and O–H groups in total. The Hall–Kier alpha value is -2.01. The molecule has 0 amide bonds. The van der Waals surface area contributed by atoms with Gasteiger partial charge in [-0.15, -0.1) is 0 Å². The van der Waals surface area contributed by atoms with Gasteiger partial charge in [-0.05, 0) is 30.7 Å². The van der Waals surface area contributed by atoms with E-state index in [1.807, 2.05) is 13.0 Å². The molecule has 0 radical (unpaired) electrons. The number of aryl methyl sites for hydroxylation is 1. The van der Waals surface area contributed by atoms with Crippen LogP contribution in [0.25, 0.3) is 0 Å². The topological polar surface area (TPSA) is 48.0 Å². The van der Waals surface area contributed by atoms with Gasteiger partial charge in [-0.3, -0.25) is 4.79 Å². The van der Waals surface area contributed by atoms with Gasteiger partial charge in [-0.2, -0.15) is 0 Å². The minimum Gasteiger partial charge on any atom is -0.389 e. The summed E-state index contributed by atoms with van der Waals surface area (Å²) in [6, 6.07) is 9.56. The molecule has 0 aliphatic heterocycles. The fourth-order valence-corrected chi connectivity index (χ4v) is 2.02. The number of hydrogen-bond donors (Lipinski definition) is 1. The molecule has 0 atom stereocenters. The van der Waals surface area contributed by atoms with E-state index < -0.39 is 5.82 Å². The van der Waals surface area contributed by atoms with Crippen molar-refractivity contribution < 1.29 is 4.39 Å². The number of halogens is 1. The largest absolute Gasteiger partial charge is 0.389 e. The van der Waals surface area contributed by atoms with Crippen molar-refractivity contribution in [3.8, 4) is 0 Å². The lowest BCUT2D eigenvalue weighted by molar-refractivity contribution is 0.623. The standard InChI is InChI=1S/C14H13FN2OS/c1-9-3-2-4-13(18)17(9)8-10-5-6-12(15)11(7-10)14(16)19/h2-7H,8H2,1H3,(H2,16,19). The van der Waals surface area contributed by atoms with E-state index in [1.165, 1.54) is 12.1 Å². The molecule has 0 spiro atoms. The predicted molar refractivity (Wildman–Crippen MR) is 76.8 cm³/mol. The van der Waals surface area contributed by atoms with E-state index in [9.17, 15) is 9.18 Å². The molecule has 2 rings (SSSR count). The molecular weight excluding hydrogens is 263 g/mol. The molecule has 0 saturated carbocycles. The highest BCUT2D eigenvalue weighted by molar-refractivity contribution is 7.80. The second kappa shape index (κ2) is 5.32. The molecule has 0 fully saturated rings.